The van der Waals surface area contributed by atoms with Crippen LogP contribution in [0, 0.1) is 50.2 Å². The minimum absolute atomic E-state index is 0.0159. The number of carbonyl (C=O) groups excluding carboxylic acids is 1. The Bertz CT molecular complexity index is 1160. The summed E-state index contributed by atoms with van der Waals surface area (Å²) in [5.74, 6) is 1.87. The second-order valence-electron chi connectivity index (χ2n) is 17.0. The van der Waals surface area contributed by atoms with Gasteiger partial charge in [0.25, 0.3) is 0 Å². The zero-order valence-corrected chi connectivity index (χ0v) is 26.2. The number of hydrogen-bond donors (Lipinski definition) is 0. The topological polar surface area (TPSA) is 26.3 Å². The molecule has 0 unspecified atom stereocenters. The van der Waals surface area contributed by atoms with Crippen LogP contribution in [-0.2, 0) is 4.74 Å². The lowest BCUT2D eigenvalue weighted by atomic mass is 9.33. The maximum absolute atomic E-state index is 13.1. The Hall–Kier alpha value is -1.57. The Morgan fingerprint density at radius 3 is 2.21 bits per heavy atom. The van der Waals surface area contributed by atoms with Crippen LogP contribution in [-0.4, -0.2) is 12.1 Å². The lowest BCUT2D eigenvalue weighted by molar-refractivity contribution is -0.203. The predicted octanol–water partition coefficient (Wildman–Crippen LogP) is 10.0. The molecule has 2 heteroatoms. The van der Waals surface area contributed by atoms with Crippen LogP contribution in [0.1, 0.15) is 130 Å². The summed E-state index contributed by atoms with van der Waals surface area (Å²) in [6.07, 6.45) is 15.6. The second kappa shape index (κ2) is 8.72. The molecule has 5 aliphatic carbocycles. The fraction of sp³-hybridized carbons (Fsp3) is 0.757. The first-order valence-electron chi connectivity index (χ1n) is 16.1. The van der Waals surface area contributed by atoms with Crippen LogP contribution in [0.5, 0.6) is 0 Å². The number of carbonyl (C=O) groups is 1. The Morgan fingerprint density at radius 2 is 1.49 bits per heavy atom. The Balaban J connectivity index is 1.30. The molecule has 39 heavy (non-hydrogen) atoms. The number of allylic oxidation sites excluding steroid dienone is 2. The maximum atomic E-state index is 13.1. The van der Waals surface area contributed by atoms with Gasteiger partial charge in [0.05, 0.1) is 5.56 Å². The largest absolute Gasteiger partial charge is 0.458 e. The first kappa shape index (κ1) is 27.6. The van der Waals surface area contributed by atoms with E-state index in [0.29, 0.717) is 39.1 Å². The highest BCUT2D eigenvalue weighted by atomic mass is 16.5. The van der Waals surface area contributed by atoms with Crippen LogP contribution in [0.4, 0.5) is 0 Å². The molecule has 1 aromatic rings. The molecule has 0 N–H and O–H groups in total. The SMILES string of the molecule is CC1(C)CC[C@@]2(C)CC[C@]3(C)C(=CC[C@@H]4[C@]5(C)CC[C@@H](OC(=O)c6ccccc6)C(C)(C)[C@H]5CC[C@]43C)[C@H]2C1. The molecule has 6 rings (SSSR count). The zero-order valence-electron chi connectivity index (χ0n) is 26.2. The number of esters is 1. The van der Waals surface area contributed by atoms with Crippen molar-refractivity contribution in [3.63, 3.8) is 0 Å². The summed E-state index contributed by atoms with van der Waals surface area (Å²) in [4.78, 5) is 13.1. The number of fused-ring (bicyclic) bond motifs is 7. The van der Waals surface area contributed by atoms with Crippen molar-refractivity contribution in [2.75, 3.05) is 0 Å². The first-order valence-corrected chi connectivity index (χ1v) is 16.1. The van der Waals surface area contributed by atoms with Crippen LogP contribution >= 0.6 is 0 Å². The number of ether oxygens (including phenoxy) is 1. The Morgan fingerprint density at radius 1 is 0.795 bits per heavy atom. The molecule has 0 aromatic heterocycles. The van der Waals surface area contributed by atoms with E-state index >= 15 is 0 Å². The van der Waals surface area contributed by atoms with Crippen molar-refractivity contribution in [2.24, 2.45) is 50.2 Å². The summed E-state index contributed by atoms with van der Waals surface area (Å²) in [5, 5.41) is 0. The summed E-state index contributed by atoms with van der Waals surface area (Å²) >= 11 is 0. The summed E-state index contributed by atoms with van der Waals surface area (Å²) in [7, 11) is 0. The maximum Gasteiger partial charge on any atom is 0.338 e. The molecule has 8 atom stereocenters. The number of hydrogen-bond acceptors (Lipinski definition) is 2. The van der Waals surface area contributed by atoms with Gasteiger partial charge in [-0.15, -0.1) is 0 Å². The van der Waals surface area contributed by atoms with Crippen LogP contribution in [0.25, 0.3) is 0 Å². The normalized spacial score (nSPS) is 46.0. The molecular weight excluding hydrogens is 476 g/mol. The summed E-state index contributed by atoms with van der Waals surface area (Å²) < 4.78 is 6.29. The van der Waals surface area contributed by atoms with Gasteiger partial charge in [0.2, 0.25) is 0 Å². The van der Waals surface area contributed by atoms with Gasteiger partial charge < -0.3 is 4.74 Å². The third-order valence-corrected chi connectivity index (χ3v) is 14.3. The highest BCUT2D eigenvalue weighted by Gasteiger charge is 2.68. The molecule has 0 amide bonds. The van der Waals surface area contributed by atoms with Gasteiger partial charge in [0.15, 0.2) is 0 Å². The molecule has 2 nitrogen and oxygen atoms in total. The van der Waals surface area contributed by atoms with Gasteiger partial charge in [-0.25, -0.2) is 4.79 Å². The molecule has 5 aliphatic rings. The van der Waals surface area contributed by atoms with E-state index in [1.165, 1.54) is 57.8 Å². The van der Waals surface area contributed by atoms with Crippen LogP contribution in [0.2, 0.25) is 0 Å². The molecule has 4 fully saturated rings. The van der Waals surface area contributed by atoms with E-state index in [9.17, 15) is 4.79 Å². The molecule has 0 saturated heterocycles. The number of benzene rings is 1. The Labute approximate surface area is 238 Å². The summed E-state index contributed by atoms with van der Waals surface area (Å²) in [5.41, 5.74) is 4.39. The number of rotatable bonds is 2. The fourth-order valence-corrected chi connectivity index (χ4v) is 11.5. The minimum Gasteiger partial charge on any atom is -0.458 e. The fourth-order valence-electron chi connectivity index (χ4n) is 11.5. The van der Waals surface area contributed by atoms with Crippen molar-refractivity contribution in [1.82, 2.24) is 0 Å². The molecular formula is C37H54O2. The monoisotopic (exact) mass is 530 g/mol. The quantitative estimate of drug-likeness (QED) is 0.281. The predicted molar refractivity (Wildman–Crippen MR) is 160 cm³/mol. The summed E-state index contributed by atoms with van der Waals surface area (Å²) in [6, 6.07) is 9.57. The highest BCUT2D eigenvalue weighted by molar-refractivity contribution is 5.89. The third kappa shape index (κ3) is 3.89. The van der Waals surface area contributed by atoms with Gasteiger partial charge in [0.1, 0.15) is 6.10 Å². The van der Waals surface area contributed by atoms with E-state index in [-0.39, 0.29) is 22.9 Å². The van der Waals surface area contributed by atoms with E-state index in [2.05, 4.69) is 61.5 Å². The molecule has 214 valence electrons. The van der Waals surface area contributed by atoms with E-state index in [0.717, 1.165) is 12.3 Å². The van der Waals surface area contributed by atoms with Gasteiger partial charge in [-0.1, -0.05) is 85.2 Å². The average molecular weight is 531 g/mol. The van der Waals surface area contributed by atoms with Crippen molar-refractivity contribution >= 4 is 5.97 Å². The standard InChI is InChI=1S/C37H54O2/c1-32(2)20-21-34(5)22-23-36(7)26(27(34)24-32)14-15-29-35(6)18-17-30(39-31(38)25-12-10-9-11-13-25)33(3,4)28(35)16-19-37(29,36)8/h9-14,27-30H,15-24H2,1-8H3/t27-,28-,29-,30-,34+,35-,36-,37-/m1/s1. The molecule has 0 radical (unpaired) electrons. The van der Waals surface area contributed by atoms with Crippen molar-refractivity contribution in [3.8, 4) is 0 Å². The molecule has 0 spiro atoms. The molecule has 1 aromatic carbocycles. The highest BCUT2D eigenvalue weighted by Crippen LogP contribution is 2.75. The smallest absolute Gasteiger partial charge is 0.338 e. The molecule has 0 aliphatic heterocycles. The average Bonchev–Trinajstić information content (AvgIpc) is 2.87. The van der Waals surface area contributed by atoms with E-state index in [1.807, 2.05) is 35.9 Å². The van der Waals surface area contributed by atoms with E-state index in [4.69, 9.17) is 4.74 Å². The zero-order chi connectivity index (χ0) is 28.1. The molecule has 0 bridgehead atoms. The van der Waals surface area contributed by atoms with Crippen LogP contribution in [0.3, 0.4) is 0 Å². The lowest BCUT2D eigenvalue weighted by Crippen LogP contribution is -2.64. The minimum atomic E-state index is -0.156. The van der Waals surface area contributed by atoms with Gasteiger partial charge in [-0.3, -0.25) is 0 Å². The summed E-state index contributed by atoms with van der Waals surface area (Å²) in [6.45, 7) is 20.5. The lowest BCUT2D eigenvalue weighted by Gasteiger charge is -2.71. The van der Waals surface area contributed by atoms with Gasteiger partial charge in [-0.2, -0.15) is 0 Å². The van der Waals surface area contributed by atoms with Crippen molar-refractivity contribution in [2.45, 2.75) is 126 Å². The van der Waals surface area contributed by atoms with Crippen LogP contribution < -0.4 is 0 Å². The Kier molecular flexibility index (Phi) is 6.17. The van der Waals surface area contributed by atoms with E-state index in [1.54, 1.807) is 0 Å². The van der Waals surface area contributed by atoms with Crippen molar-refractivity contribution in [3.05, 3.63) is 47.5 Å². The second-order valence-corrected chi connectivity index (χ2v) is 17.0. The van der Waals surface area contributed by atoms with E-state index < -0.39 is 0 Å². The third-order valence-electron chi connectivity index (χ3n) is 14.3. The molecule has 0 heterocycles. The van der Waals surface area contributed by atoms with Crippen molar-refractivity contribution in [1.29, 1.82) is 0 Å². The molecule has 4 saturated carbocycles. The van der Waals surface area contributed by atoms with Gasteiger partial charge >= 0.3 is 5.97 Å². The van der Waals surface area contributed by atoms with Crippen molar-refractivity contribution < 1.29 is 9.53 Å². The van der Waals surface area contributed by atoms with Gasteiger partial charge in [-0.05, 0) is 121 Å². The van der Waals surface area contributed by atoms with Crippen LogP contribution in [0.15, 0.2) is 42.0 Å². The first-order chi connectivity index (χ1) is 18.2. The van der Waals surface area contributed by atoms with Gasteiger partial charge in [0, 0.05) is 5.41 Å².